The summed E-state index contributed by atoms with van der Waals surface area (Å²) in [6.45, 7) is 2.92. The molecule has 33 heavy (non-hydrogen) atoms. The minimum absolute atomic E-state index is 0.0679. The van der Waals surface area contributed by atoms with Crippen molar-refractivity contribution in [3.63, 3.8) is 0 Å². The molecule has 1 aromatic heterocycles. The highest BCUT2D eigenvalue weighted by Gasteiger charge is 2.30. The Balaban J connectivity index is 1.45. The molecule has 8 nitrogen and oxygen atoms in total. The normalized spacial score (nSPS) is 15.9. The number of likely N-dealkylation sites (tertiary alicyclic amines) is 1. The van der Waals surface area contributed by atoms with E-state index < -0.39 is 0 Å². The number of hydrogen-bond acceptors (Lipinski definition) is 6. The number of benzene rings is 2. The van der Waals surface area contributed by atoms with Gasteiger partial charge in [-0.3, -0.25) is 14.4 Å². The van der Waals surface area contributed by atoms with E-state index in [1.807, 2.05) is 30.3 Å². The molecule has 8 heteroatoms. The Morgan fingerprint density at radius 2 is 1.97 bits per heavy atom. The van der Waals surface area contributed by atoms with Crippen LogP contribution in [0.1, 0.15) is 30.1 Å². The third-order valence-corrected chi connectivity index (χ3v) is 5.87. The number of esters is 1. The van der Waals surface area contributed by atoms with Crippen LogP contribution in [-0.2, 0) is 14.3 Å². The molecule has 1 aliphatic heterocycles. The van der Waals surface area contributed by atoms with E-state index >= 15 is 0 Å². The predicted octanol–water partition coefficient (Wildman–Crippen LogP) is 3.37. The molecule has 0 radical (unpaired) electrons. The molecule has 1 aliphatic rings. The second-order valence-electron chi connectivity index (χ2n) is 8.20. The lowest BCUT2D eigenvalue weighted by molar-refractivity contribution is -0.151. The first-order valence-corrected chi connectivity index (χ1v) is 11.1. The summed E-state index contributed by atoms with van der Waals surface area (Å²) in [6, 6.07) is 14.7. The first kappa shape index (κ1) is 22.5. The number of hydrogen-bond donors (Lipinski definition) is 0. The molecule has 2 heterocycles. The van der Waals surface area contributed by atoms with Gasteiger partial charge in [-0.1, -0.05) is 35.5 Å². The third-order valence-electron chi connectivity index (χ3n) is 5.87. The monoisotopic (exact) mass is 449 g/mol. The van der Waals surface area contributed by atoms with E-state index in [-0.39, 0.29) is 30.2 Å². The van der Waals surface area contributed by atoms with Crippen molar-refractivity contribution < 1.29 is 23.6 Å². The first-order chi connectivity index (χ1) is 16.0. The highest BCUT2D eigenvalue weighted by atomic mass is 16.5. The quantitative estimate of drug-likeness (QED) is 0.536. The number of piperidine rings is 1. The average Bonchev–Trinajstić information content (AvgIpc) is 3.27. The van der Waals surface area contributed by atoms with Gasteiger partial charge < -0.3 is 19.1 Å². The molecule has 4 rings (SSSR count). The molecule has 0 saturated carbocycles. The molecular formula is C25H27N3O5. The van der Waals surface area contributed by atoms with E-state index in [2.05, 4.69) is 5.16 Å². The summed E-state index contributed by atoms with van der Waals surface area (Å²) in [5.41, 5.74) is 1.97. The van der Waals surface area contributed by atoms with Crippen molar-refractivity contribution in [2.45, 2.75) is 19.8 Å². The molecule has 0 N–H and O–H groups in total. The number of carbonyl (C=O) groups is 3. The molecule has 0 spiro atoms. The van der Waals surface area contributed by atoms with Gasteiger partial charge in [-0.05, 0) is 38.0 Å². The van der Waals surface area contributed by atoms with Crippen LogP contribution in [0.3, 0.4) is 0 Å². The Hall–Kier alpha value is -3.68. The number of likely N-dealkylation sites (N-methyl/N-ethyl adjacent to an activating group) is 1. The zero-order valence-electron chi connectivity index (χ0n) is 18.8. The van der Waals surface area contributed by atoms with Crippen LogP contribution in [0.2, 0.25) is 0 Å². The highest BCUT2D eigenvalue weighted by Crippen LogP contribution is 2.29. The van der Waals surface area contributed by atoms with Crippen molar-refractivity contribution in [2.24, 2.45) is 5.92 Å². The highest BCUT2D eigenvalue weighted by molar-refractivity contribution is 6.01. The summed E-state index contributed by atoms with van der Waals surface area (Å²) in [5.74, 6) is -0.440. The van der Waals surface area contributed by atoms with Gasteiger partial charge in [0.25, 0.3) is 5.91 Å². The molecule has 172 valence electrons. The summed E-state index contributed by atoms with van der Waals surface area (Å²) in [6.07, 6.45) is 1.44. The van der Waals surface area contributed by atoms with Crippen LogP contribution >= 0.6 is 0 Å². The van der Waals surface area contributed by atoms with Gasteiger partial charge in [0.1, 0.15) is 5.52 Å². The Kier molecular flexibility index (Phi) is 6.72. The molecule has 1 fully saturated rings. The number of amides is 2. The van der Waals surface area contributed by atoms with Crippen molar-refractivity contribution in [1.82, 2.24) is 15.0 Å². The largest absolute Gasteiger partial charge is 0.466 e. The minimum Gasteiger partial charge on any atom is -0.466 e. The maximum absolute atomic E-state index is 13.1. The van der Waals surface area contributed by atoms with Gasteiger partial charge in [-0.15, -0.1) is 0 Å². The second-order valence-corrected chi connectivity index (χ2v) is 8.20. The van der Waals surface area contributed by atoms with E-state index in [1.54, 1.807) is 37.1 Å². The van der Waals surface area contributed by atoms with Crippen molar-refractivity contribution in [1.29, 1.82) is 0 Å². The number of ether oxygens (including phenoxy) is 1. The molecule has 2 aromatic carbocycles. The Morgan fingerprint density at radius 1 is 1.18 bits per heavy atom. The second kappa shape index (κ2) is 9.85. The summed E-state index contributed by atoms with van der Waals surface area (Å²) >= 11 is 0. The van der Waals surface area contributed by atoms with E-state index in [9.17, 15) is 14.4 Å². The van der Waals surface area contributed by atoms with Crippen molar-refractivity contribution >= 4 is 28.7 Å². The maximum Gasteiger partial charge on any atom is 0.310 e. The van der Waals surface area contributed by atoms with Crippen molar-refractivity contribution in [2.75, 3.05) is 33.3 Å². The van der Waals surface area contributed by atoms with Gasteiger partial charge in [0.2, 0.25) is 5.91 Å². The van der Waals surface area contributed by atoms with Crippen LogP contribution in [-0.4, -0.2) is 66.0 Å². The number of carbonyl (C=O) groups excluding carboxylic acids is 3. The van der Waals surface area contributed by atoms with Crippen LogP contribution in [0.4, 0.5) is 0 Å². The first-order valence-electron chi connectivity index (χ1n) is 11.1. The van der Waals surface area contributed by atoms with E-state index in [4.69, 9.17) is 9.26 Å². The number of rotatable bonds is 6. The van der Waals surface area contributed by atoms with Crippen LogP contribution in [0.15, 0.2) is 53.1 Å². The standard InChI is InChI=1S/C25H27N3O5/c1-3-32-25(31)19-10-7-13-28(15-19)22(29)16-27(2)24(30)18-11-12-21-20(14-18)23(33-26-21)17-8-5-4-6-9-17/h4-6,8-9,11-12,14,19H,3,7,10,13,15-16H2,1-2H3. The van der Waals surface area contributed by atoms with E-state index in [0.29, 0.717) is 43.0 Å². The van der Waals surface area contributed by atoms with Crippen LogP contribution in [0, 0.1) is 5.92 Å². The van der Waals surface area contributed by atoms with Crippen LogP contribution in [0.25, 0.3) is 22.2 Å². The summed E-state index contributed by atoms with van der Waals surface area (Å²) < 4.78 is 10.6. The number of nitrogens with zero attached hydrogens (tertiary/aromatic N) is 3. The van der Waals surface area contributed by atoms with E-state index in [0.717, 1.165) is 17.4 Å². The van der Waals surface area contributed by atoms with Crippen LogP contribution < -0.4 is 0 Å². The van der Waals surface area contributed by atoms with Gasteiger partial charge in [0, 0.05) is 31.3 Å². The fourth-order valence-electron chi connectivity index (χ4n) is 4.12. The Morgan fingerprint density at radius 3 is 2.73 bits per heavy atom. The Bertz CT molecular complexity index is 1160. The van der Waals surface area contributed by atoms with Crippen molar-refractivity contribution in [3.8, 4) is 11.3 Å². The lowest BCUT2D eigenvalue weighted by atomic mass is 9.98. The Labute approximate surface area is 192 Å². The topological polar surface area (TPSA) is 93.0 Å². The third kappa shape index (κ3) is 4.89. The number of fused-ring (bicyclic) bond motifs is 1. The summed E-state index contributed by atoms with van der Waals surface area (Å²) in [4.78, 5) is 41.0. The summed E-state index contributed by atoms with van der Waals surface area (Å²) in [5, 5.41) is 4.82. The number of aromatic nitrogens is 1. The van der Waals surface area contributed by atoms with Crippen molar-refractivity contribution in [3.05, 3.63) is 54.1 Å². The molecule has 1 atom stereocenters. The fraction of sp³-hybridized carbons (Fsp3) is 0.360. The van der Waals surface area contributed by atoms with E-state index in [1.165, 1.54) is 4.90 Å². The lowest BCUT2D eigenvalue weighted by Gasteiger charge is -2.32. The van der Waals surface area contributed by atoms with Gasteiger partial charge >= 0.3 is 5.97 Å². The molecule has 0 bridgehead atoms. The zero-order valence-corrected chi connectivity index (χ0v) is 18.8. The molecule has 0 aliphatic carbocycles. The predicted molar refractivity (Wildman–Crippen MR) is 122 cm³/mol. The fourth-order valence-corrected chi connectivity index (χ4v) is 4.12. The van der Waals surface area contributed by atoms with Gasteiger partial charge in [-0.2, -0.15) is 0 Å². The molecule has 1 saturated heterocycles. The minimum atomic E-state index is -0.309. The van der Waals surface area contributed by atoms with Gasteiger partial charge in [0.05, 0.1) is 24.5 Å². The summed E-state index contributed by atoms with van der Waals surface area (Å²) in [7, 11) is 1.60. The average molecular weight is 450 g/mol. The molecule has 3 aromatic rings. The molecule has 2 amide bonds. The van der Waals surface area contributed by atoms with Gasteiger partial charge in [-0.25, -0.2) is 0 Å². The van der Waals surface area contributed by atoms with Crippen LogP contribution in [0.5, 0.6) is 0 Å². The zero-order chi connectivity index (χ0) is 23.4. The maximum atomic E-state index is 13.1. The smallest absolute Gasteiger partial charge is 0.310 e. The molecule has 1 unspecified atom stereocenters. The molecular weight excluding hydrogens is 422 g/mol. The lowest BCUT2D eigenvalue weighted by Crippen LogP contribution is -2.47. The SMILES string of the molecule is CCOC(=O)C1CCCN(C(=O)CN(C)C(=O)c2ccc3noc(-c4ccccc4)c3c2)C1. The van der Waals surface area contributed by atoms with Gasteiger partial charge in [0.15, 0.2) is 5.76 Å².